The third kappa shape index (κ3) is 3.67. The van der Waals surface area contributed by atoms with Crippen molar-refractivity contribution >= 4 is 16.8 Å². The Morgan fingerprint density at radius 3 is 2.97 bits per heavy atom. The van der Waals surface area contributed by atoms with Crippen LogP contribution in [0.25, 0.3) is 22.0 Å². The fourth-order valence-corrected chi connectivity index (χ4v) is 5.48. The minimum atomic E-state index is -0.101. The predicted molar refractivity (Wildman–Crippen MR) is 126 cm³/mol. The first kappa shape index (κ1) is 21.6. The topological polar surface area (TPSA) is 92.4 Å². The average Bonchev–Trinajstić information content (AvgIpc) is 3.60. The Morgan fingerprint density at radius 1 is 1.26 bits per heavy atom. The predicted octanol–water partition coefficient (Wildman–Crippen LogP) is 2.77. The van der Waals surface area contributed by atoms with Gasteiger partial charge in [0.15, 0.2) is 0 Å². The fraction of sp³-hybridized carbons (Fsp3) is 0.560. The molecule has 3 fully saturated rings. The van der Waals surface area contributed by atoms with Gasteiger partial charge in [-0.3, -0.25) is 14.2 Å². The van der Waals surface area contributed by atoms with Crippen LogP contribution >= 0.6 is 0 Å². The third-order valence-electron chi connectivity index (χ3n) is 7.62. The average molecular weight is 466 g/mol. The van der Waals surface area contributed by atoms with Crippen molar-refractivity contribution in [3.63, 3.8) is 0 Å². The number of aromatic nitrogens is 4. The monoisotopic (exact) mass is 465 g/mol. The first-order chi connectivity index (χ1) is 16.5. The smallest absolute Gasteiger partial charge is 0.220 e. The maximum absolute atomic E-state index is 11.7. The molecule has 2 aromatic heterocycles. The molecule has 9 heteroatoms. The van der Waals surface area contributed by atoms with E-state index in [4.69, 9.17) is 19.3 Å². The highest BCUT2D eigenvalue weighted by Gasteiger charge is 2.41. The van der Waals surface area contributed by atoms with Crippen LogP contribution in [0, 0.1) is 12.8 Å². The summed E-state index contributed by atoms with van der Waals surface area (Å²) in [6, 6.07) is 4.25. The first-order valence-electron chi connectivity index (χ1n) is 12.2. The molecule has 3 aliphatic rings. The summed E-state index contributed by atoms with van der Waals surface area (Å²) in [7, 11) is 1.94. The van der Waals surface area contributed by atoms with E-state index in [-0.39, 0.29) is 36.2 Å². The third-order valence-corrected chi connectivity index (χ3v) is 7.62. The van der Waals surface area contributed by atoms with Gasteiger partial charge in [-0.1, -0.05) is 0 Å². The van der Waals surface area contributed by atoms with Crippen molar-refractivity contribution < 1.29 is 19.0 Å². The molecular formula is C25H31N5O4. The zero-order chi connectivity index (χ0) is 23.4. The number of nitrogens with zero attached hydrogens (tertiary/aromatic N) is 4. The van der Waals surface area contributed by atoms with Crippen LogP contribution < -0.4 is 10.1 Å². The Morgan fingerprint density at radius 2 is 2.15 bits per heavy atom. The lowest BCUT2D eigenvalue weighted by molar-refractivity contribution is -0.119. The van der Waals surface area contributed by atoms with Gasteiger partial charge in [-0.05, 0) is 44.4 Å². The molecule has 1 amide bonds. The van der Waals surface area contributed by atoms with Gasteiger partial charge in [0.05, 0.1) is 29.8 Å². The summed E-state index contributed by atoms with van der Waals surface area (Å²) in [5.41, 5.74) is 3.93. The van der Waals surface area contributed by atoms with E-state index >= 15 is 0 Å². The van der Waals surface area contributed by atoms with Crippen LogP contribution in [0.4, 0.5) is 0 Å². The van der Waals surface area contributed by atoms with Gasteiger partial charge in [-0.2, -0.15) is 10.2 Å². The molecular weight excluding hydrogens is 434 g/mol. The molecule has 5 atom stereocenters. The summed E-state index contributed by atoms with van der Waals surface area (Å²) in [5, 5.41) is 13.3. The maximum atomic E-state index is 11.7. The van der Waals surface area contributed by atoms with Crippen molar-refractivity contribution in [2.24, 2.45) is 13.0 Å². The second-order valence-electron chi connectivity index (χ2n) is 9.79. The number of carbonyl (C=O) groups is 1. The molecule has 0 spiro atoms. The number of hydrogen-bond acceptors (Lipinski definition) is 6. The summed E-state index contributed by atoms with van der Waals surface area (Å²) < 4.78 is 22.4. The molecule has 3 saturated heterocycles. The number of fused-ring (bicyclic) bond motifs is 2. The number of nitrogens with one attached hydrogen (secondary N) is 1. The van der Waals surface area contributed by atoms with Crippen molar-refractivity contribution in [1.29, 1.82) is 0 Å². The van der Waals surface area contributed by atoms with Crippen molar-refractivity contribution in [3.8, 4) is 16.9 Å². The summed E-state index contributed by atoms with van der Waals surface area (Å²) in [5.74, 6) is 1.03. The largest absolute Gasteiger partial charge is 0.490 e. The number of hydrogen-bond donors (Lipinski definition) is 1. The molecule has 3 aliphatic heterocycles. The van der Waals surface area contributed by atoms with E-state index in [2.05, 4.69) is 28.7 Å². The molecule has 9 nitrogen and oxygen atoms in total. The van der Waals surface area contributed by atoms with Crippen LogP contribution in [0.2, 0.25) is 0 Å². The number of amides is 1. The molecule has 180 valence electrons. The number of rotatable bonds is 5. The molecule has 3 aromatic rings. The van der Waals surface area contributed by atoms with Crippen LogP contribution in [-0.2, 0) is 21.3 Å². The van der Waals surface area contributed by atoms with E-state index < -0.39 is 0 Å². The lowest BCUT2D eigenvalue weighted by atomic mass is 10.0. The van der Waals surface area contributed by atoms with Crippen LogP contribution in [0.1, 0.15) is 37.9 Å². The van der Waals surface area contributed by atoms with Gasteiger partial charge in [0.2, 0.25) is 5.91 Å². The molecule has 5 heterocycles. The molecule has 1 aromatic carbocycles. The van der Waals surface area contributed by atoms with Gasteiger partial charge in [-0.15, -0.1) is 0 Å². The quantitative estimate of drug-likeness (QED) is 0.623. The number of benzene rings is 1. The van der Waals surface area contributed by atoms with Crippen LogP contribution in [-0.4, -0.2) is 63.5 Å². The Labute approximate surface area is 198 Å². The Balaban J connectivity index is 1.33. The lowest BCUT2D eigenvalue weighted by Crippen LogP contribution is -2.35. The van der Waals surface area contributed by atoms with Crippen molar-refractivity contribution in [1.82, 2.24) is 24.9 Å². The standard InChI is InChI=1S/C25H31N5O4/c1-14-24-19(28-29(14)3)7-16(8-22(24)34-15(2)17-9-23(31)26-10-17)18-11-27-30(12-18)20-13-33-21-5-4-6-32-25(20)21/h7-8,11-12,15,17,20-21,25H,4-6,9-10,13H2,1-3H3,(H,26,31). The summed E-state index contributed by atoms with van der Waals surface area (Å²) in [6.07, 6.45) is 6.67. The molecule has 0 radical (unpaired) electrons. The Bertz CT molecular complexity index is 1230. The molecule has 5 unspecified atom stereocenters. The highest BCUT2D eigenvalue weighted by Crippen LogP contribution is 2.37. The summed E-state index contributed by atoms with van der Waals surface area (Å²) in [6.45, 7) is 6.13. The molecule has 34 heavy (non-hydrogen) atoms. The zero-order valence-corrected chi connectivity index (χ0v) is 19.9. The number of aryl methyl sites for hydroxylation is 2. The highest BCUT2D eigenvalue weighted by atomic mass is 16.6. The number of carbonyl (C=O) groups excluding carboxylic acids is 1. The van der Waals surface area contributed by atoms with Crippen molar-refractivity contribution in [2.75, 3.05) is 19.8 Å². The van der Waals surface area contributed by atoms with Gasteiger partial charge >= 0.3 is 0 Å². The van der Waals surface area contributed by atoms with Crippen molar-refractivity contribution in [2.45, 2.75) is 57.5 Å². The normalized spacial score (nSPS) is 27.7. The van der Waals surface area contributed by atoms with E-state index in [1.807, 2.05) is 36.5 Å². The van der Waals surface area contributed by atoms with Crippen molar-refractivity contribution in [3.05, 3.63) is 30.2 Å². The second-order valence-corrected chi connectivity index (χ2v) is 9.79. The van der Waals surface area contributed by atoms with Crippen LogP contribution in [0.5, 0.6) is 5.75 Å². The Kier molecular flexibility index (Phi) is 5.33. The summed E-state index contributed by atoms with van der Waals surface area (Å²) >= 11 is 0. The van der Waals surface area contributed by atoms with E-state index in [1.165, 1.54) is 0 Å². The summed E-state index contributed by atoms with van der Waals surface area (Å²) in [4.78, 5) is 11.7. The van der Waals surface area contributed by atoms with E-state index in [0.29, 0.717) is 19.6 Å². The minimum absolute atomic E-state index is 0.0601. The Hall–Kier alpha value is -2.91. The minimum Gasteiger partial charge on any atom is -0.490 e. The SMILES string of the molecule is Cc1c2c(OC(C)C3CNC(=O)C3)cc(-c3cnn(C4COC5CCCOC54)c3)cc2nn1C. The molecule has 6 rings (SSSR count). The van der Waals surface area contributed by atoms with Gasteiger partial charge < -0.3 is 19.5 Å². The molecule has 0 bridgehead atoms. The maximum Gasteiger partial charge on any atom is 0.220 e. The number of ether oxygens (including phenoxy) is 3. The van der Waals surface area contributed by atoms with Crippen LogP contribution in [0.3, 0.4) is 0 Å². The van der Waals surface area contributed by atoms with Gasteiger partial charge in [0, 0.05) is 50.0 Å². The molecule has 0 saturated carbocycles. The fourth-order valence-electron chi connectivity index (χ4n) is 5.48. The van der Waals surface area contributed by atoms with Crippen LogP contribution in [0.15, 0.2) is 24.5 Å². The molecule has 0 aliphatic carbocycles. The van der Waals surface area contributed by atoms with Gasteiger partial charge in [0.25, 0.3) is 0 Å². The lowest BCUT2D eigenvalue weighted by Gasteiger charge is -2.27. The van der Waals surface area contributed by atoms with E-state index in [9.17, 15) is 4.79 Å². The van der Waals surface area contributed by atoms with E-state index in [0.717, 1.165) is 52.9 Å². The first-order valence-corrected chi connectivity index (χ1v) is 12.2. The highest BCUT2D eigenvalue weighted by molar-refractivity contribution is 5.92. The second kappa shape index (κ2) is 8.39. The zero-order valence-electron chi connectivity index (χ0n) is 19.9. The van der Waals surface area contributed by atoms with Gasteiger partial charge in [0.1, 0.15) is 24.0 Å². The van der Waals surface area contributed by atoms with E-state index in [1.54, 1.807) is 0 Å². The molecule has 1 N–H and O–H groups in total. The van der Waals surface area contributed by atoms with Gasteiger partial charge in [-0.25, -0.2) is 0 Å².